The van der Waals surface area contributed by atoms with Crippen molar-refractivity contribution in [1.82, 2.24) is 0 Å². The van der Waals surface area contributed by atoms with Gasteiger partial charge in [0, 0.05) is 17.5 Å². The molecule has 1 aliphatic heterocycles. The Hall–Kier alpha value is 0.380. The van der Waals surface area contributed by atoms with Gasteiger partial charge in [0.1, 0.15) is 5.75 Å². The maximum absolute atomic E-state index is 5.78. The maximum atomic E-state index is 5.78. The molecule has 0 spiro atoms. The third-order valence-electron chi connectivity index (χ3n) is 2.94. The molecule has 1 fully saturated rings. The highest BCUT2D eigenvalue weighted by Crippen LogP contribution is 2.36. The lowest BCUT2D eigenvalue weighted by atomic mass is 10.2. The van der Waals surface area contributed by atoms with Crippen LogP contribution in [0.5, 0.6) is 5.75 Å². The average molecular weight is 473 g/mol. The van der Waals surface area contributed by atoms with Gasteiger partial charge < -0.3 is 14.2 Å². The standard InChI is InChI=1S/C14H17Br3O3/c15-10-8-11(16)14(12(17)9-10)20-7-3-6-19-13-4-1-2-5-18-13/h8-9,13H,1-7H2. The fourth-order valence-corrected chi connectivity index (χ4v) is 4.45. The van der Waals surface area contributed by atoms with Crippen molar-refractivity contribution in [1.29, 1.82) is 0 Å². The van der Waals surface area contributed by atoms with Crippen molar-refractivity contribution in [2.24, 2.45) is 0 Å². The van der Waals surface area contributed by atoms with Crippen LogP contribution in [0.4, 0.5) is 0 Å². The minimum atomic E-state index is -0.0186. The summed E-state index contributed by atoms with van der Waals surface area (Å²) in [6, 6.07) is 3.93. The van der Waals surface area contributed by atoms with Gasteiger partial charge in [0.05, 0.1) is 22.2 Å². The van der Waals surface area contributed by atoms with Crippen LogP contribution in [-0.2, 0) is 9.47 Å². The molecule has 1 saturated heterocycles. The minimum absolute atomic E-state index is 0.0186. The molecule has 3 nitrogen and oxygen atoms in total. The summed E-state index contributed by atoms with van der Waals surface area (Å²) in [6.07, 6.45) is 4.17. The van der Waals surface area contributed by atoms with Gasteiger partial charge in [-0.25, -0.2) is 0 Å². The summed E-state index contributed by atoms with van der Waals surface area (Å²) >= 11 is 10.4. The first-order valence-electron chi connectivity index (χ1n) is 6.67. The summed E-state index contributed by atoms with van der Waals surface area (Å²) < 4.78 is 19.8. The fourth-order valence-electron chi connectivity index (χ4n) is 1.96. The minimum Gasteiger partial charge on any atom is -0.491 e. The Morgan fingerprint density at radius 3 is 2.50 bits per heavy atom. The van der Waals surface area contributed by atoms with Crippen LogP contribution in [0.25, 0.3) is 0 Å². The molecule has 0 aliphatic carbocycles. The lowest BCUT2D eigenvalue weighted by molar-refractivity contribution is -0.163. The molecule has 1 aliphatic rings. The van der Waals surface area contributed by atoms with Gasteiger partial charge in [-0.05, 0) is 63.3 Å². The molecule has 0 amide bonds. The summed E-state index contributed by atoms with van der Waals surface area (Å²) in [5.41, 5.74) is 0. The predicted octanol–water partition coefficient (Wildman–Crippen LogP) is 5.29. The van der Waals surface area contributed by atoms with Gasteiger partial charge in [0.2, 0.25) is 0 Å². The topological polar surface area (TPSA) is 27.7 Å². The van der Waals surface area contributed by atoms with Crippen molar-refractivity contribution >= 4 is 47.8 Å². The monoisotopic (exact) mass is 470 g/mol. The first-order chi connectivity index (χ1) is 9.66. The van der Waals surface area contributed by atoms with Crippen LogP contribution in [0.3, 0.4) is 0 Å². The van der Waals surface area contributed by atoms with Crippen LogP contribution in [-0.4, -0.2) is 26.1 Å². The van der Waals surface area contributed by atoms with E-state index in [4.69, 9.17) is 14.2 Å². The van der Waals surface area contributed by atoms with Crippen molar-refractivity contribution in [2.45, 2.75) is 32.0 Å². The highest BCUT2D eigenvalue weighted by atomic mass is 79.9. The van der Waals surface area contributed by atoms with Crippen LogP contribution >= 0.6 is 47.8 Å². The van der Waals surface area contributed by atoms with Gasteiger partial charge in [-0.15, -0.1) is 0 Å². The Labute approximate surface area is 144 Å². The van der Waals surface area contributed by atoms with Crippen molar-refractivity contribution in [3.63, 3.8) is 0 Å². The number of rotatable bonds is 6. The molecular weight excluding hydrogens is 456 g/mol. The molecule has 0 N–H and O–H groups in total. The van der Waals surface area contributed by atoms with E-state index in [0.29, 0.717) is 13.2 Å². The average Bonchev–Trinajstić information content (AvgIpc) is 2.42. The second kappa shape index (κ2) is 8.73. The zero-order chi connectivity index (χ0) is 14.4. The van der Waals surface area contributed by atoms with E-state index in [9.17, 15) is 0 Å². The normalized spacial score (nSPS) is 19.1. The van der Waals surface area contributed by atoms with Crippen LogP contribution in [0, 0.1) is 0 Å². The Bertz CT molecular complexity index is 411. The fraction of sp³-hybridized carbons (Fsp3) is 0.571. The Balaban J connectivity index is 1.68. The first kappa shape index (κ1) is 16.7. The lowest BCUT2D eigenvalue weighted by Gasteiger charge is -2.22. The molecule has 1 atom stereocenters. The van der Waals surface area contributed by atoms with E-state index in [-0.39, 0.29) is 6.29 Å². The van der Waals surface area contributed by atoms with Crippen molar-refractivity contribution in [3.8, 4) is 5.75 Å². The zero-order valence-corrected chi connectivity index (χ0v) is 15.8. The van der Waals surface area contributed by atoms with E-state index < -0.39 is 0 Å². The van der Waals surface area contributed by atoms with Crippen LogP contribution in [0.1, 0.15) is 25.7 Å². The van der Waals surface area contributed by atoms with Crippen molar-refractivity contribution in [3.05, 3.63) is 25.6 Å². The molecule has 0 bridgehead atoms. The van der Waals surface area contributed by atoms with Crippen molar-refractivity contribution in [2.75, 3.05) is 19.8 Å². The summed E-state index contributed by atoms with van der Waals surface area (Å²) in [6.45, 7) is 2.10. The third-order valence-corrected chi connectivity index (χ3v) is 4.58. The van der Waals surface area contributed by atoms with E-state index in [1.54, 1.807) is 0 Å². The van der Waals surface area contributed by atoms with Gasteiger partial charge in [0.25, 0.3) is 0 Å². The SMILES string of the molecule is Brc1cc(Br)c(OCCCOC2CCCCO2)c(Br)c1. The number of hydrogen-bond donors (Lipinski definition) is 0. The van der Waals surface area contributed by atoms with E-state index in [1.165, 1.54) is 6.42 Å². The highest BCUT2D eigenvalue weighted by Gasteiger charge is 2.13. The molecule has 2 rings (SSSR count). The maximum Gasteiger partial charge on any atom is 0.157 e. The third kappa shape index (κ3) is 5.30. The van der Waals surface area contributed by atoms with Crippen molar-refractivity contribution < 1.29 is 14.2 Å². The van der Waals surface area contributed by atoms with Crippen LogP contribution in [0.15, 0.2) is 25.6 Å². The lowest BCUT2D eigenvalue weighted by Crippen LogP contribution is -2.23. The second-order valence-electron chi connectivity index (χ2n) is 4.57. The molecule has 20 heavy (non-hydrogen) atoms. The number of benzene rings is 1. The number of ether oxygens (including phenoxy) is 3. The summed E-state index contributed by atoms with van der Waals surface area (Å²) in [4.78, 5) is 0. The van der Waals surface area contributed by atoms with E-state index in [0.717, 1.165) is 45.0 Å². The van der Waals surface area contributed by atoms with E-state index >= 15 is 0 Å². The van der Waals surface area contributed by atoms with Crippen LogP contribution in [0.2, 0.25) is 0 Å². The molecule has 1 aromatic carbocycles. The number of hydrogen-bond acceptors (Lipinski definition) is 3. The summed E-state index contributed by atoms with van der Waals surface area (Å²) in [5.74, 6) is 0.821. The van der Waals surface area contributed by atoms with Gasteiger partial charge in [-0.3, -0.25) is 0 Å². The second-order valence-corrected chi connectivity index (χ2v) is 7.19. The van der Waals surface area contributed by atoms with Gasteiger partial charge in [-0.1, -0.05) is 15.9 Å². The van der Waals surface area contributed by atoms with Gasteiger partial charge >= 0.3 is 0 Å². The zero-order valence-electron chi connectivity index (χ0n) is 11.0. The predicted molar refractivity (Wildman–Crippen MR) is 89.2 cm³/mol. The first-order valence-corrected chi connectivity index (χ1v) is 9.05. The Kier molecular flexibility index (Phi) is 7.31. The molecule has 6 heteroatoms. The quantitative estimate of drug-likeness (QED) is 0.527. The Morgan fingerprint density at radius 2 is 1.85 bits per heavy atom. The molecule has 112 valence electrons. The van der Waals surface area contributed by atoms with Crippen LogP contribution < -0.4 is 4.74 Å². The smallest absolute Gasteiger partial charge is 0.157 e. The van der Waals surface area contributed by atoms with E-state index in [2.05, 4.69) is 47.8 Å². The summed E-state index contributed by atoms with van der Waals surface area (Å²) in [7, 11) is 0. The molecule has 0 radical (unpaired) electrons. The van der Waals surface area contributed by atoms with E-state index in [1.807, 2.05) is 12.1 Å². The molecule has 1 heterocycles. The highest BCUT2D eigenvalue weighted by molar-refractivity contribution is 9.11. The molecule has 1 aromatic rings. The molecular formula is C14H17Br3O3. The number of halogens is 3. The largest absolute Gasteiger partial charge is 0.491 e. The Morgan fingerprint density at radius 1 is 1.10 bits per heavy atom. The molecule has 1 unspecified atom stereocenters. The molecule has 0 aromatic heterocycles. The van der Waals surface area contributed by atoms with Gasteiger partial charge in [0.15, 0.2) is 6.29 Å². The van der Waals surface area contributed by atoms with Gasteiger partial charge in [-0.2, -0.15) is 0 Å². The summed E-state index contributed by atoms with van der Waals surface area (Å²) in [5, 5.41) is 0. The molecule has 0 saturated carbocycles.